The molecule has 0 saturated carbocycles. The molecule has 0 atom stereocenters. The summed E-state index contributed by atoms with van der Waals surface area (Å²) in [6.45, 7) is 1.96. The minimum absolute atomic E-state index is 0.981. The highest BCUT2D eigenvalue weighted by molar-refractivity contribution is 5.40. The van der Waals surface area contributed by atoms with Crippen molar-refractivity contribution in [2.45, 2.75) is 19.3 Å². The van der Waals surface area contributed by atoms with E-state index in [4.69, 9.17) is 0 Å². The molecule has 1 saturated heterocycles. The van der Waals surface area contributed by atoms with Gasteiger partial charge in [-0.25, -0.2) is 4.79 Å². The molecule has 0 bridgehead atoms. The lowest BCUT2D eigenvalue weighted by Crippen LogP contribution is -2.24. The number of rotatable bonds is 1. The third-order valence-corrected chi connectivity index (χ3v) is 1.56. The second kappa shape index (κ2) is 3.31. The predicted molar refractivity (Wildman–Crippen MR) is 34.4 cm³/mol. The first-order chi connectivity index (χ1) is 4.43. The van der Waals surface area contributed by atoms with Gasteiger partial charge in [-0.2, -0.15) is 0 Å². The second-order valence-corrected chi connectivity index (χ2v) is 2.26. The summed E-state index contributed by atoms with van der Waals surface area (Å²) in [5.41, 5.74) is 0. The third kappa shape index (κ3) is 1.90. The molecule has 0 aliphatic carbocycles. The summed E-state index contributed by atoms with van der Waals surface area (Å²) in [5, 5.41) is 0. The van der Waals surface area contributed by atoms with Crippen LogP contribution >= 0.6 is 0 Å². The molecule has 0 unspecified atom stereocenters. The van der Waals surface area contributed by atoms with Gasteiger partial charge in [0.2, 0.25) is 0 Å². The van der Waals surface area contributed by atoms with E-state index in [9.17, 15) is 4.79 Å². The van der Waals surface area contributed by atoms with Crippen LogP contribution in [0.1, 0.15) is 19.3 Å². The maximum absolute atomic E-state index is 9.80. The van der Waals surface area contributed by atoms with Crippen LogP contribution in [0, 0.1) is 6.20 Å². The predicted octanol–water partition coefficient (Wildman–Crippen LogP) is 0.621. The average molecular weight is 124 g/mol. The number of hydrogen-bond acceptors (Lipinski definition) is 2. The van der Waals surface area contributed by atoms with Crippen molar-refractivity contribution < 1.29 is 4.79 Å². The zero-order valence-electron chi connectivity index (χ0n) is 5.39. The van der Waals surface area contributed by atoms with E-state index in [2.05, 4.69) is 6.20 Å². The van der Waals surface area contributed by atoms with Crippen LogP contribution in [-0.4, -0.2) is 23.9 Å². The van der Waals surface area contributed by atoms with Crippen molar-refractivity contribution in [1.29, 1.82) is 0 Å². The molecule has 1 radical (unpaired) electrons. The Kier molecular flexibility index (Phi) is 2.34. The lowest BCUT2D eigenvalue weighted by molar-refractivity contribution is 0.298. The molecule has 0 spiro atoms. The van der Waals surface area contributed by atoms with Crippen LogP contribution in [0.3, 0.4) is 0 Å². The van der Waals surface area contributed by atoms with Crippen LogP contribution in [0.5, 0.6) is 0 Å². The van der Waals surface area contributed by atoms with E-state index in [-0.39, 0.29) is 0 Å². The minimum atomic E-state index is 0.981. The van der Waals surface area contributed by atoms with E-state index in [1.54, 1.807) is 5.94 Å². The first-order valence-corrected chi connectivity index (χ1v) is 3.31. The molecule has 0 N–H and O–H groups in total. The number of piperidine rings is 1. The quantitative estimate of drug-likeness (QED) is 0.477. The average Bonchev–Trinajstić information content (AvgIpc) is 1.91. The molecule has 9 heavy (non-hydrogen) atoms. The van der Waals surface area contributed by atoms with Gasteiger partial charge in [-0.1, -0.05) is 0 Å². The van der Waals surface area contributed by atoms with Gasteiger partial charge in [-0.15, -0.1) is 0 Å². The molecule has 1 fully saturated rings. The zero-order chi connectivity index (χ0) is 6.53. The van der Waals surface area contributed by atoms with E-state index in [1.165, 1.54) is 19.3 Å². The normalized spacial score (nSPS) is 18.9. The van der Waals surface area contributed by atoms with Gasteiger partial charge in [0.15, 0.2) is 12.1 Å². The van der Waals surface area contributed by atoms with Crippen molar-refractivity contribution >= 4 is 5.94 Å². The summed E-state index contributed by atoms with van der Waals surface area (Å²) < 4.78 is 0. The van der Waals surface area contributed by atoms with Crippen molar-refractivity contribution in [1.82, 2.24) is 4.90 Å². The molecule has 1 aliphatic rings. The fourth-order valence-electron chi connectivity index (χ4n) is 1.07. The van der Waals surface area contributed by atoms with Crippen molar-refractivity contribution in [2.24, 2.45) is 0 Å². The van der Waals surface area contributed by atoms with Crippen LogP contribution in [0.25, 0.3) is 0 Å². The van der Waals surface area contributed by atoms with E-state index in [0.717, 1.165) is 13.1 Å². The molecule has 49 valence electrons. The number of carbonyl (C=O) groups excluding carboxylic acids is 1. The van der Waals surface area contributed by atoms with Crippen molar-refractivity contribution in [3.63, 3.8) is 0 Å². The fourth-order valence-corrected chi connectivity index (χ4v) is 1.07. The molecule has 2 heteroatoms. The maximum atomic E-state index is 9.80. The smallest absolute Gasteiger partial charge is 0.158 e. The molecule has 1 aliphatic heterocycles. The second-order valence-electron chi connectivity index (χ2n) is 2.26. The van der Waals surface area contributed by atoms with Gasteiger partial charge < -0.3 is 4.90 Å². The van der Waals surface area contributed by atoms with Crippen molar-refractivity contribution in [3.05, 3.63) is 6.20 Å². The van der Waals surface area contributed by atoms with E-state index in [1.807, 2.05) is 4.90 Å². The minimum Gasteiger partial charge on any atom is -0.360 e. The van der Waals surface area contributed by atoms with Crippen molar-refractivity contribution in [3.8, 4) is 0 Å². The van der Waals surface area contributed by atoms with Gasteiger partial charge in [-0.05, 0) is 19.3 Å². The summed E-state index contributed by atoms with van der Waals surface area (Å²) in [6, 6.07) is 0. The van der Waals surface area contributed by atoms with Gasteiger partial charge >= 0.3 is 0 Å². The van der Waals surface area contributed by atoms with Gasteiger partial charge in [0.25, 0.3) is 0 Å². The van der Waals surface area contributed by atoms with Crippen LogP contribution in [0.15, 0.2) is 0 Å². The van der Waals surface area contributed by atoms with Gasteiger partial charge in [0.1, 0.15) is 0 Å². The standard InChI is InChI=1S/C7H10NO/c9-7-6-8-4-2-1-3-5-8/h1-5H2. The maximum Gasteiger partial charge on any atom is 0.158 e. The van der Waals surface area contributed by atoms with E-state index >= 15 is 0 Å². The van der Waals surface area contributed by atoms with E-state index < -0.39 is 0 Å². The molecule has 0 aromatic heterocycles. The van der Waals surface area contributed by atoms with Gasteiger partial charge in [0.05, 0.1) is 0 Å². The lowest BCUT2D eigenvalue weighted by Gasteiger charge is -2.22. The summed E-state index contributed by atoms with van der Waals surface area (Å²) >= 11 is 0. The highest BCUT2D eigenvalue weighted by Gasteiger charge is 2.05. The van der Waals surface area contributed by atoms with Crippen LogP contribution in [-0.2, 0) is 4.79 Å². The number of likely N-dealkylation sites (tertiary alicyclic amines) is 1. The SMILES string of the molecule is O=C=[C]N1CCCCC1. The molecular weight excluding hydrogens is 114 g/mol. The Bertz CT molecular complexity index is 121. The molecule has 0 amide bonds. The topological polar surface area (TPSA) is 20.3 Å². The first kappa shape index (κ1) is 6.37. The Morgan fingerprint density at radius 1 is 1.11 bits per heavy atom. The van der Waals surface area contributed by atoms with Crippen molar-refractivity contribution in [2.75, 3.05) is 13.1 Å². The zero-order valence-corrected chi connectivity index (χ0v) is 5.39. The van der Waals surface area contributed by atoms with Crippen LogP contribution in [0.2, 0.25) is 0 Å². The Balaban J connectivity index is 2.31. The highest BCUT2D eigenvalue weighted by Crippen LogP contribution is 2.06. The summed E-state index contributed by atoms with van der Waals surface area (Å²) in [6.07, 6.45) is 6.18. The largest absolute Gasteiger partial charge is 0.360 e. The molecule has 0 aromatic carbocycles. The molecule has 0 aromatic rings. The van der Waals surface area contributed by atoms with Gasteiger partial charge in [-0.3, -0.25) is 0 Å². The molecule has 1 heterocycles. The van der Waals surface area contributed by atoms with Crippen LogP contribution < -0.4 is 0 Å². The lowest BCUT2D eigenvalue weighted by atomic mass is 10.1. The summed E-state index contributed by atoms with van der Waals surface area (Å²) in [5.74, 6) is 1.66. The number of hydrogen-bond donors (Lipinski definition) is 0. The first-order valence-electron chi connectivity index (χ1n) is 3.31. The van der Waals surface area contributed by atoms with Gasteiger partial charge in [0, 0.05) is 13.1 Å². The molecule has 1 rings (SSSR count). The Morgan fingerprint density at radius 3 is 2.33 bits per heavy atom. The Labute approximate surface area is 55.2 Å². The third-order valence-electron chi connectivity index (χ3n) is 1.56. The molecule has 2 nitrogen and oxygen atoms in total. The monoisotopic (exact) mass is 124 g/mol. The summed E-state index contributed by atoms with van der Waals surface area (Å²) in [7, 11) is 0. The highest BCUT2D eigenvalue weighted by atomic mass is 16.1. The molecular formula is C7H10NO. The van der Waals surface area contributed by atoms with E-state index in [0.29, 0.717) is 0 Å². The van der Waals surface area contributed by atoms with Crippen LogP contribution in [0.4, 0.5) is 0 Å². The Morgan fingerprint density at radius 2 is 1.78 bits per heavy atom. The fraction of sp³-hybridized carbons (Fsp3) is 0.714. The number of nitrogens with zero attached hydrogens (tertiary/aromatic N) is 1. The summed E-state index contributed by atoms with van der Waals surface area (Å²) in [4.78, 5) is 11.7. The Hall–Kier alpha value is -0.750.